The Balaban J connectivity index is 2.56. The highest BCUT2D eigenvalue weighted by molar-refractivity contribution is 5.92. The number of benzene rings is 1. The first-order chi connectivity index (χ1) is 7.65. The second-order valence-electron chi connectivity index (χ2n) is 3.38. The molecule has 0 saturated carbocycles. The van der Waals surface area contributed by atoms with Gasteiger partial charge >= 0.3 is 0 Å². The van der Waals surface area contributed by atoms with Crippen molar-refractivity contribution < 1.29 is 9.18 Å². The maximum atomic E-state index is 13.2. The van der Waals surface area contributed by atoms with Crippen LogP contribution in [-0.4, -0.2) is 19.0 Å². The summed E-state index contributed by atoms with van der Waals surface area (Å²) in [5.74, 6) is -0.521. The molecule has 1 aromatic carbocycles. The Morgan fingerprint density at radius 2 is 2.31 bits per heavy atom. The molecule has 0 aliphatic rings. The molecule has 0 unspecified atom stereocenters. The largest absolute Gasteiger partial charge is 0.325 e. The number of hydrogen-bond acceptors (Lipinski definition) is 2. The van der Waals surface area contributed by atoms with E-state index in [9.17, 15) is 9.18 Å². The van der Waals surface area contributed by atoms with Crippen molar-refractivity contribution >= 4 is 11.6 Å². The summed E-state index contributed by atoms with van der Waals surface area (Å²) in [7, 11) is 0. The van der Waals surface area contributed by atoms with Crippen molar-refractivity contribution in [1.29, 1.82) is 0 Å². The topological polar surface area (TPSA) is 41.1 Å². The molecule has 0 radical (unpaired) electrons. The Bertz CT molecular complexity index is 391. The first-order valence-corrected chi connectivity index (χ1v) is 5.01. The Morgan fingerprint density at radius 1 is 1.56 bits per heavy atom. The highest BCUT2D eigenvalue weighted by atomic mass is 19.1. The van der Waals surface area contributed by atoms with E-state index in [1.807, 2.05) is 0 Å². The van der Waals surface area contributed by atoms with Crippen molar-refractivity contribution in [3.05, 3.63) is 42.2 Å². The smallest absolute Gasteiger partial charge is 0.238 e. The van der Waals surface area contributed by atoms with Crippen LogP contribution in [0.4, 0.5) is 10.1 Å². The van der Waals surface area contributed by atoms with Crippen LogP contribution < -0.4 is 10.6 Å². The van der Waals surface area contributed by atoms with Crippen molar-refractivity contribution in [2.75, 3.05) is 18.4 Å². The van der Waals surface area contributed by atoms with Gasteiger partial charge in [0.2, 0.25) is 5.91 Å². The number of hydrogen-bond donors (Lipinski definition) is 2. The lowest BCUT2D eigenvalue weighted by atomic mass is 10.2. The van der Waals surface area contributed by atoms with Crippen LogP contribution in [0.25, 0.3) is 0 Å². The van der Waals surface area contributed by atoms with Crippen molar-refractivity contribution in [3.63, 3.8) is 0 Å². The van der Waals surface area contributed by atoms with E-state index in [2.05, 4.69) is 17.2 Å². The number of rotatable bonds is 5. The van der Waals surface area contributed by atoms with Crippen molar-refractivity contribution in [2.24, 2.45) is 0 Å². The fourth-order valence-electron chi connectivity index (χ4n) is 1.23. The molecule has 0 bridgehead atoms. The second-order valence-corrected chi connectivity index (χ2v) is 3.38. The summed E-state index contributed by atoms with van der Waals surface area (Å²) >= 11 is 0. The molecule has 1 aromatic rings. The molecule has 16 heavy (non-hydrogen) atoms. The molecule has 0 spiro atoms. The van der Waals surface area contributed by atoms with Crippen molar-refractivity contribution in [2.45, 2.75) is 6.92 Å². The van der Waals surface area contributed by atoms with Crippen LogP contribution in [0.5, 0.6) is 0 Å². The van der Waals surface area contributed by atoms with Crippen LogP contribution >= 0.6 is 0 Å². The summed E-state index contributed by atoms with van der Waals surface area (Å²) in [5.41, 5.74) is 0.949. The lowest BCUT2D eigenvalue weighted by Gasteiger charge is -2.08. The minimum Gasteiger partial charge on any atom is -0.325 e. The molecule has 0 aliphatic carbocycles. The van der Waals surface area contributed by atoms with E-state index in [1.54, 1.807) is 25.1 Å². The molecule has 0 fully saturated rings. The van der Waals surface area contributed by atoms with E-state index in [4.69, 9.17) is 0 Å². The van der Waals surface area contributed by atoms with Gasteiger partial charge < -0.3 is 10.6 Å². The molecule has 0 aromatic heterocycles. The van der Waals surface area contributed by atoms with E-state index < -0.39 is 0 Å². The third-order valence-electron chi connectivity index (χ3n) is 2.12. The normalized spacial score (nSPS) is 9.88. The maximum absolute atomic E-state index is 13.2. The van der Waals surface area contributed by atoms with E-state index >= 15 is 0 Å². The van der Waals surface area contributed by atoms with Gasteiger partial charge in [0.25, 0.3) is 0 Å². The first kappa shape index (κ1) is 12.4. The second kappa shape index (κ2) is 6.02. The zero-order chi connectivity index (χ0) is 12.0. The molecule has 1 rings (SSSR count). The third kappa shape index (κ3) is 3.47. The van der Waals surface area contributed by atoms with Gasteiger partial charge in [0.15, 0.2) is 0 Å². The molecular formula is C12H15FN2O. The minimum absolute atomic E-state index is 0.183. The molecule has 0 atom stereocenters. The highest BCUT2D eigenvalue weighted by Gasteiger charge is 2.06. The Morgan fingerprint density at radius 3 is 3.00 bits per heavy atom. The van der Waals surface area contributed by atoms with Gasteiger partial charge in [-0.1, -0.05) is 12.1 Å². The van der Waals surface area contributed by atoms with Gasteiger partial charge in [-0.2, -0.15) is 0 Å². The summed E-state index contributed by atoms with van der Waals surface area (Å²) in [4.78, 5) is 11.4. The number of carbonyl (C=O) groups excluding carboxylic acids is 1. The molecule has 4 heteroatoms. The van der Waals surface area contributed by atoms with Crippen LogP contribution in [0.2, 0.25) is 0 Å². The van der Waals surface area contributed by atoms with Gasteiger partial charge in [-0.05, 0) is 19.1 Å². The van der Waals surface area contributed by atoms with Crippen LogP contribution in [-0.2, 0) is 4.79 Å². The van der Waals surface area contributed by atoms with Gasteiger partial charge in [-0.25, -0.2) is 4.39 Å². The quantitative estimate of drug-likeness (QED) is 0.589. The molecule has 0 aliphatic heterocycles. The number of nitrogens with one attached hydrogen (secondary N) is 2. The molecule has 0 heterocycles. The Labute approximate surface area is 94.4 Å². The van der Waals surface area contributed by atoms with Gasteiger partial charge in [-0.3, -0.25) is 4.79 Å². The standard InChI is InChI=1S/C12H15FN2O/c1-3-7-14-8-12(16)15-11-6-4-5-10(13)9(11)2/h3-6,14H,1,7-8H2,2H3,(H,15,16). The fraction of sp³-hybridized carbons (Fsp3) is 0.250. The monoisotopic (exact) mass is 222 g/mol. The van der Waals surface area contributed by atoms with Gasteiger partial charge in [0.1, 0.15) is 5.82 Å². The summed E-state index contributed by atoms with van der Waals surface area (Å²) in [5, 5.41) is 5.50. The van der Waals surface area contributed by atoms with E-state index in [0.717, 1.165) is 0 Å². The summed E-state index contributed by atoms with van der Waals surface area (Å²) in [6.07, 6.45) is 1.67. The maximum Gasteiger partial charge on any atom is 0.238 e. The van der Waals surface area contributed by atoms with Crippen LogP contribution in [0.15, 0.2) is 30.9 Å². The lowest BCUT2D eigenvalue weighted by molar-refractivity contribution is -0.115. The number of amides is 1. The lowest BCUT2D eigenvalue weighted by Crippen LogP contribution is -2.28. The number of halogens is 1. The van der Waals surface area contributed by atoms with Crippen molar-refractivity contribution in [3.8, 4) is 0 Å². The molecular weight excluding hydrogens is 207 g/mol. The molecule has 2 N–H and O–H groups in total. The predicted molar refractivity (Wildman–Crippen MR) is 62.8 cm³/mol. The zero-order valence-corrected chi connectivity index (χ0v) is 9.22. The summed E-state index contributed by atoms with van der Waals surface area (Å²) in [6.45, 7) is 5.90. The first-order valence-electron chi connectivity index (χ1n) is 5.01. The zero-order valence-electron chi connectivity index (χ0n) is 9.22. The summed E-state index contributed by atoms with van der Waals surface area (Å²) < 4.78 is 13.2. The molecule has 86 valence electrons. The van der Waals surface area contributed by atoms with Gasteiger partial charge in [-0.15, -0.1) is 6.58 Å². The number of carbonyl (C=O) groups is 1. The van der Waals surface area contributed by atoms with Crippen molar-refractivity contribution in [1.82, 2.24) is 5.32 Å². The Hall–Kier alpha value is -1.68. The highest BCUT2D eigenvalue weighted by Crippen LogP contribution is 2.16. The van der Waals surface area contributed by atoms with Gasteiger partial charge in [0.05, 0.1) is 6.54 Å². The average Bonchev–Trinajstić information content (AvgIpc) is 2.25. The van der Waals surface area contributed by atoms with Crippen LogP contribution in [0.3, 0.4) is 0 Å². The average molecular weight is 222 g/mol. The van der Waals surface area contributed by atoms with Crippen LogP contribution in [0.1, 0.15) is 5.56 Å². The SMILES string of the molecule is C=CCNCC(=O)Nc1cccc(F)c1C. The minimum atomic E-state index is -0.322. The molecule has 1 amide bonds. The molecule has 0 saturated heterocycles. The molecule has 3 nitrogen and oxygen atoms in total. The van der Waals surface area contributed by atoms with E-state index in [-0.39, 0.29) is 18.3 Å². The van der Waals surface area contributed by atoms with Gasteiger partial charge in [0, 0.05) is 17.8 Å². The van der Waals surface area contributed by atoms with Crippen LogP contribution in [0, 0.1) is 12.7 Å². The predicted octanol–water partition coefficient (Wildman–Crippen LogP) is 1.85. The van der Waals surface area contributed by atoms with E-state index in [1.165, 1.54) is 6.07 Å². The third-order valence-corrected chi connectivity index (χ3v) is 2.12. The summed E-state index contributed by atoms with van der Waals surface area (Å²) in [6, 6.07) is 4.60. The number of anilines is 1. The van der Waals surface area contributed by atoms with E-state index in [0.29, 0.717) is 17.8 Å². The fourth-order valence-corrected chi connectivity index (χ4v) is 1.23. The Kier molecular flexibility index (Phi) is 4.66.